The molecule has 0 radical (unpaired) electrons. The van der Waals surface area contributed by atoms with E-state index in [1.807, 2.05) is 26.8 Å². The lowest BCUT2D eigenvalue weighted by Gasteiger charge is -2.24. The molecule has 0 saturated heterocycles. The number of nitrogens with zero attached hydrogens (tertiary/aromatic N) is 1. The van der Waals surface area contributed by atoms with Crippen molar-refractivity contribution >= 4 is 6.09 Å². The Balaban J connectivity index is 2.69. The molecule has 0 aliphatic rings. The number of carbonyl (C=O) groups is 1. The fourth-order valence-electron chi connectivity index (χ4n) is 1.53. The van der Waals surface area contributed by atoms with Gasteiger partial charge in [-0.1, -0.05) is 18.2 Å². The molecule has 0 aliphatic heterocycles. The molecule has 0 aromatic heterocycles. The smallest absolute Gasteiger partial charge is 0.410 e. The second-order valence-corrected chi connectivity index (χ2v) is 5.46. The van der Waals surface area contributed by atoms with E-state index in [1.54, 1.807) is 25.2 Å². The van der Waals surface area contributed by atoms with Crippen LogP contribution in [0.2, 0.25) is 0 Å². The van der Waals surface area contributed by atoms with E-state index in [1.165, 1.54) is 4.90 Å². The van der Waals surface area contributed by atoms with Crippen LogP contribution in [0.4, 0.5) is 4.79 Å². The Morgan fingerprint density at radius 3 is 2.53 bits per heavy atom. The van der Waals surface area contributed by atoms with E-state index in [9.17, 15) is 4.79 Å². The highest BCUT2D eigenvalue weighted by Crippen LogP contribution is 2.15. The number of amides is 1. The quantitative estimate of drug-likeness (QED) is 0.822. The Hall–Kier alpha value is -1.59. The van der Waals surface area contributed by atoms with E-state index in [4.69, 9.17) is 14.9 Å². The second kappa shape index (κ2) is 6.04. The summed E-state index contributed by atoms with van der Waals surface area (Å²) in [7, 11) is 1.64. The maximum Gasteiger partial charge on any atom is 0.410 e. The van der Waals surface area contributed by atoms with Gasteiger partial charge in [-0.2, -0.15) is 0 Å². The highest BCUT2D eigenvalue weighted by molar-refractivity contribution is 5.67. The van der Waals surface area contributed by atoms with Crippen molar-refractivity contribution < 1.29 is 19.7 Å². The largest absolute Gasteiger partial charge is 0.444 e. The highest BCUT2D eigenvalue weighted by atomic mass is 16.6. The molecule has 19 heavy (non-hydrogen) atoms. The van der Waals surface area contributed by atoms with E-state index in [2.05, 4.69) is 0 Å². The van der Waals surface area contributed by atoms with Crippen LogP contribution in [0.15, 0.2) is 24.3 Å². The van der Waals surface area contributed by atoms with Crippen LogP contribution in [0.25, 0.3) is 0 Å². The number of hydrogen-bond acceptors (Lipinski definition) is 4. The number of ether oxygens (including phenoxy) is 1. The summed E-state index contributed by atoms with van der Waals surface area (Å²) in [6, 6.07) is 6.78. The van der Waals surface area contributed by atoms with Crippen molar-refractivity contribution in [3.63, 3.8) is 0 Å². The summed E-state index contributed by atoms with van der Waals surface area (Å²) in [5.74, 6) is 0. The summed E-state index contributed by atoms with van der Waals surface area (Å²) in [5, 5.41) is 18.2. The normalized spacial score (nSPS) is 11.5. The zero-order valence-corrected chi connectivity index (χ0v) is 11.8. The van der Waals surface area contributed by atoms with Crippen LogP contribution in [-0.2, 0) is 11.3 Å². The van der Waals surface area contributed by atoms with Crippen LogP contribution in [0.5, 0.6) is 0 Å². The maximum atomic E-state index is 11.8. The molecule has 0 saturated carbocycles. The average molecular weight is 267 g/mol. The lowest BCUT2D eigenvalue weighted by molar-refractivity contribution is -0.0425. The standard InChI is InChI=1S/C14H21NO4/c1-14(2,3)19-13(18)15(4)9-10-6-5-7-11(8-10)12(16)17/h5-8,12,16-17H,9H2,1-4H3. The summed E-state index contributed by atoms with van der Waals surface area (Å²) in [4.78, 5) is 13.2. The maximum absolute atomic E-state index is 11.8. The van der Waals surface area contributed by atoms with Crippen LogP contribution in [0.1, 0.15) is 38.2 Å². The van der Waals surface area contributed by atoms with Crippen molar-refractivity contribution in [2.24, 2.45) is 0 Å². The summed E-state index contributed by atoms with van der Waals surface area (Å²) in [6.45, 7) is 5.76. The van der Waals surface area contributed by atoms with Crippen molar-refractivity contribution in [3.05, 3.63) is 35.4 Å². The molecule has 1 aromatic carbocycles. The minimum absolute atomic E-state index is 0.343. The van der Waals surface area contributed by atoms with E-state index >= 15 is 0 Å². The average Bonchev–Trinajstić information content (AvgIpc) is 2.27. The molecule has 0 unspecified atom stereocenters. The monoisotopic (exact) mass is 267 g/mol. The van der Waals surface area contributed by atoms with Gasteiger partial charge in [-0.15, -0.1) is 0 Å². The Morgan fingerprint density at radius 2 is 2.00 bits per heavy atom. The lowest BCUT2D eigenvalue weighted by atomic mass is 10.1. The molecule has 0 aliphatic carbocycles. The third-order valence-electron chi connectivity index (χ3n) is 2.37. The van der Waals surface area contributed by atoms with Gasteiger partial charge in [-0.05, 0) is 32.4 Å². The van der Waals surface area contributed by atoms with Crippen molar-refractivity contribution in [2.45, 2.75) is 39.2 Å². The first-order valence-corrected chi connectivity index (χ1v) is 6.08. The summed E-state index contributed by atoms with van der Waals surface area (Å²) < 4.78 is 5.24. The topological polar surface area (TPSA) is 70.0 Å². The van der Waals surface area contributed by atoms with Crippen LogP contribution in [-0.4, -0.2) is 33.9 Å². The first kappa shape index (κ1) is 15.5. The minimum Gasteiger partial charge on any atom is -0.444 e. The number of hydrogen-bond donors (Lipinski definition) is 2. The minimum atomic E-state index is -1.51. The molecule has 2 N–H and O–H groups in total. The van der Waals surface area contributed by atoms with Gasteiger partial charge < -0.3 is 19.8 Å². The van der Waals surface area contributed by atoms with Gasteiger partial charge in [0.25, 0.3) is 0 Å². The third-order valence-corrected chi connectivity index (χ3v) is 2.37. The van der Waals surface area contributed by atoms with Gasteiger partial charge in [0.1, 0.15) is 5.60 Å². The molecule has 1 aromatic rings. The van der Waals surface area contributed by atoms with Gasteiger partial charge in [0.15, 0.2) is 6.29 Å². The summed E-state index contributed by atoms with van der Waals surface area (Å²) >= 11 is 0. The SMILES string of the molecule is CN(Cc1cccc(C(O)O)c1)C(=O)OC(C)(C)C. The van der Waals surface area contributed by atoms with Crippen LogP contribution >= 0.6 is 0 Å². The van der Waals surface area contributed by atoms with Gasteiger partial charge in [-0.25, -0.2) is 4.79 Å². The molecule has 106 valence electrons. The molecular weight excluding hydrogens is 246 g/mol. The van der Waals surface area contributed by atoms with Crippen LogP contribution in [0.3, 0.4) is 0 Å². The molecule has 0 bridgehead atoms. The zero-order valence-electron chi connectivity index (χ0n) is 11.8. The van der Waals surface area contributed by atoms with E-state index in [0.29, 0.717) is 12.1 Å². The number of rotatable bonds is 3. The van der Waals surface area contributed by atoms with E-state index in [0.717, 1.165) is 5.56 Å². The Labute approximate surface area is 113 Å². The predicted molar refractivity (Wildman–Crippen MR) is 71.3 cm³/mol. The second-order valence-electron chi connectivity index (χ2n) is 5.46. The first-order chi connectivity index (χ1) is 8.69. The summed E-state index contributed by atoms with van der Waals surface area (Å²) in [6.07, 6.45) is -1.92. The Bertz CT molecular complexity index is 437. The molecule has 0 atom stereocenters. The van der Waals surface area contributed by atoms with Crippen LogP contribution < -0.4 is 0 Å². The van der Waals surface area contributed by atoms with Crippen molar-refractivity contribution in [1.29, 1.82) is 0 Å². The molecule has 0 heterocycles. The van der Waals surface area contributed by atoms with Crippen molar-refractivity contribution in [3.8, 4) is 0 Å². The summed E-state index contributed by atoms with van der Waals surface area (Å²) in [5.41, 5.74) is 0.670. The number of carbonyl (C=O) groups excluding carboxylic acids is 1. The van der Waals surface area contributed by atoms with Gasteiger partial charge in [0.05, 0.1) is 0 Å². The van der Waals surface area contributed by atoms with Gasteiger partial charge >= 0.3 is 6.09 Å². The molecule has 5 nitrogen and oxygen atoms in total. The number of benzene rings is 1. The third kappa shape index (κ3) is 5.28. The predicted octanol–water partition coefficient (Wildman–Crippen LogP) is 2.04. The molecule has 5 heteroatoms. The number of aliphatic hydroxyl groups excluding tert-OH is 1. The fraction of sp³-hybridized carbons (Fsp3) is 0.500. The van der Waals surface area contributed by atoms with Crippen molar-refractivity contribution in [2.75, 3.05) is 7.05 Å². The first-order valence-electron chi connectivity index (χ1n) is 6.08. The fourth-order valence-corrected chi connectivity index (χ4v) is 1.53. The van der Waals surface area contributed by atoms with Gasteiger partial charge in [-0.3, -0.25) is 0 Å². The zero-order chi connectivity index (χ0) is 14.6. The molecule has 0 spiro atoms. The molecule has 1 amide bonds. The number of aliphatic hydroxyl groups is 2. The van der Waals surface area contributed by atoms with E-state index < -0.39 is 18.0 Å². The van der Waals surface area contributed by atoms with Crippen LogP contribution in [0, 0.1) is 0 Å². The van der Waals surface area contributed by atoms with Gasteiger partial charge in [0, 0.05) is 19.2 Å². The molecule has 0 fully saturated rings. The van der Waals surface area contributed by atoms with Gasteiger partial charge in [0.2, 0.25) is 0 Å². The highest BCUT2D eigenvalue weighted by Gasteiger charge is 2.19. The Morgan fingerprint density at radius 1 is 1.37 bits per heavy atom. The molecular formula is C14H21NO4. The van der Waals surface area contributed by atoms with Crippen molar-refractivity contribution in [1.82, 2.24) is 4.90 Å². The van der Waals surface area contributed by atoms with E-state index in [-0.39, 0.29) is 0 Å². The lowest BCUT2D eigenvalue weighted by Crippen LogP contribution is -2.33. The Kier molecular flexibility index (Phi) is 4.91. The molecule has 1 rings (SSSR count).